The van der Waals surface area contributed by atoms with E-state index in [9.17, 15) is 0 Å². The van der Waals surface area contributed by atoms with Gasteiger partial charge in [0, 0.05) is 4.47 Å². The highest BCUT2D eigenvalue weighted by Gasteiger charge is 1.91. The van der Waals surface area contributed by atoms with Crippen molar-refractivity contribution in [1.82, 2.24) is 0 Å². The number of rotatable bonds is 2. The molecule has 2 rings (SSSR count). The van der Waals surface area contributed by atoms with Gasteiger partial charge in [0.2, 0.25) is 0 Å². The van der Waals surface area contributed by atoms with Gasteiger partial charge in [-0.05, 0) is 35.4 Å². The quantitative estimate of drug-likeness (QED) is 0.745. The average Bonchev–Trinajstić information content (AvgIpc) is 2.38. The molecule has 0 heterocycles. The minimum Gasteiger partial charge on any atom is -0.192 e. The van der Waals surface area contributed by atoms with Crippen molar-refractivity contribution in [3.05, 3.63) is 69.7 Å². The van der Waals surface area contributed by atoms with Gasteiger partial charge in [-0.25, -0.2) is 0 Å². The summed E-state index contributed by atoms with van der Waals surface area (Å²) in [6, 6.07) is 17.8. The number of nitriles is 1. The largest absolute Gasteiger partial charge is 0.192 e. The summed E-state index contributed by atoms with van der Waals surface area (Å²) < 4.78 is 1.07. The molecule has 0 saturated heterocycles. The molecule has 0 saturated carbocycles. The summed E-state index contributed by atoms with van der Waals surface area (Å²) in [6.07, 6.45) is 4.03. The first-order chi connectivity index (χ1) is 8.28. The van der Waals surface area contributed by atoms with Crippen LogP contribution >= 0.6 is 15.9 Å². The predicted octanol–water partition coefficient (Wildman–Crippen LogP) is 4.49. The zero-order chi connectivity index (χ0) is 12.1. The van der Waals surface area contributed by atoms with Crippen molar-refractivity contribution in [2.24, 2.45) is 0 Å². The van der Waals surface area contributed by atoms with Crippen LogP contribution in [0.25, 0.3) is 12.2 Å². The molecule has 0 aliphatic carbocycles. The second-order valence-electron chi connectivity index (χ2n) is 3.62. The Morgan fingerprint density at radius 2 is 1.65 bits per heavy atom. The van der Waals surface area contributed by atoms with Crippen molar-refractivity contribution < 1.29 is 0 Å². The van der Waals surface area contributed by atoms with Gasteiger partial charge < -0.3 is 0 Å². The summed E-state index contributed by atoms with van der Waals surface area (Å²) in [4.78, 5) is 0. The third kappa shape index (κ3) is 3.30. The molecule has 2 aromatic rings. The molecule has 0 aliphatic rings. The first-order valence-corrected chi connectivity index (χ1v) is 6.01. The van der Waals surface area contributed by atoms with Gasteiger partial charge in [-0.15, -0.1) is 0 Å². The van der Waals surface area contributed by atoms with Crippen LogP contribution in [0.3, 0.4) is 0 Å². The standard InChI is InChI=1S/C15H10BrN/c16-15-8-6-12(7-9-15)4-5-13-2-1-3-14(10-13)11-17/h1-10H/b5-4-. The third-order valence-corrected chi connectivity index (χ3v) is 2.88. The summed E-state index contributed by atoms with van der Waals surface area (Å²) in [5, 5.41) is 8.80. The minimum atomic E-state index is 0.683. The number of benzene rings is 2. The van der Waals surface area contributed by atoms with E-state index in [1.165, 1.54) is 0 Å². The van der Waals surface area contributed by atoms with Crippen LogP contribution in [0.15, 0.2) is 53.0 Å². The van der Waals surface area contributed by atoms with Gasteiger partial charge in [0.25, 0.3) is 0 Å². The van der Waals surface area contributed by atoms with Crippen molar-refractivity contribution in [1.29, 1.82) is 5.26 Å². The van der Waals surface area contributed by atoms with E-state index in [4.69, 9.17) is 5.26 Å². The van der Waals surface area contributed by atoms with Crippen LogP contribution in [0, 0.1) is 11.3 Å². The van der Waals surface area contributed by atoms with E-state index in [1.807, 2.05) is 54.6 Å². The summed E-state index contributed by atoms with van der Waals surface area (Å²) in [5.74, 6) is 0. The van der Waals surface area contributed by atoms with Crippen LogP contribution in [0.1, 0.15) is 16.7 Å². The van der Waals surface area contributed by atoms with Crippen molar-refractivity contribution in [2.45, 2.75) is 0 Å². The van der Waals surface area contributed by atoms with Crippen LogP contribution in [-0.4, -0.2) is 0 Å². The SMILES string of the molecule is N#Cc1cccc(/C=C\c2ccc(Br)cc2)c1. The Balaban J connectivity index is 2.20. The van der Waals surface area contributed by atoms with Crippen molar-refractivity contribution >= 4 is 28.1 Å². The Bertz CT molecular complexity index is 577. The Morgan fingerprint density at radius 3 is 2.35 bits per heavy atom. The molecule has 0 amide bonds. The Morgan fingerprint density at radius 1 is 0.941 bits per heavy atom. The molecule has 82 valence electrons. The lowest BCUT2D eigenvalue weighted by atomic mass is 10.1. The molecule has 0 unspecified atom stereocenters. The highest BCUT2D eigenvalue weighted by Crippen LogP contribution is 2.13. The van der Waals surface area contributed by atoms with Crippen LogP contribution in [0.4, 0.5) is 0 Å². The van der Waals surface area contributed by atoms with Gasteiger partial charge in [0.15, 0.2) is 0 Å². The van der Waals surface area contributed by atoms with Crippen LogP contribution in [0.5, 0.6) is 0 Å². The average molecular weight is 284 g/mol. The Hall–Kier alpha value is -1.85. The first-order valence-electron chi connectivity index (χ1n) is 5.22. The molecule has 0 bridgehead atoms. The summed E-state index contributed by atoms with van der Waals surface area (Å²) >= 11 is 3.40. The molecular formula is C15H10BrN. The van der Waals surface area contributed by atoms with Gasteiger partial charge in [-0.1, -0.05) is 52.3 Å². The smallest absolute Gasteiger partial charge is 0.0991 e. The maximum atomic E-state index is 8.80. The van der Waals surface area contributed by atoms with E-state index in [0.717, 1.165) is 15.6 Å². The van der Waals surface area contributed by atoms with Crippen LogP contribution in [0.2, 0.25) is 0 Å². The van der Waals surface area contributed by atoms with Crippen molar-refractivity contribution in [3.63, 3.8) is 0 Å². The van der Waals surface area contributed by atoms with Crippen molar-refractivity contribution in [3.8, 4) is 6.07 Å². The highest BCUT2D eigenvalue weighted by atomic mass is 79.9. The number of nitrogens with zero attached hydrogens (tertiary/aromatic N) is 1. The topological polar surface area (TPSA) is 23.8 Å². The zero-order valence-corrected chi connectivity index (χ0v) is 10.7. The van der Waals surface area contributed by atoms with E-state index in [-0.39, 0.29) is 0 Å². The maximum absolute atomic E-state index is 8.80. The van der Waals surface area contributed by atoms with E-state index in [2.05, 4.69) is 22.0 Å². The molecular weight excluding hydrogens is 274 g/mol. The Kier molecular flexibility index (Phi) is 3.74. The maximum Gasteiger partial charge on any atom is 0.0991 e. The fraction of sp³-hybridized carbons (Fsp3) is 0. The fourth-order valence-corrected chi connectivity index (χ4v) is 1.74. The van der Waals surface area contributed by atoms with Crippen molar-refractivity contribution in [2.75, 3.05) is 0 Å². The summed E-state index contributed by atoms with van der Waals surface area (Å²) in [5.41, 5.74) is 2.85. The molecule has 2 aromatic carbocycles. The zero-order valence-electron chi connectivity index (χ0n) is 9.10. The monoisotopic (exact) mass is 283 g/mol. The molecule has 0 N–H and O–H groups in total. The molecule has 2 heteroatoms. The second kappa shape index (κ2) is 5.47. The summed E-state index contributed by atoms with van der Waals surface area (Å²) in [7, 11) is 0. The highest BCUT2D eigenvalue weighted by molar-refractivity contribution is 9.10. The van der Waals surface area contributed by atoms with Gasteiger partial charge >= 0.3 is 0 Å². The van der Waals surface area contributed by atoms with Crippen LogP contribution < -0.4 is 0 Å². The number of halogens is 1. The van der Waals surface area contributed by atoms with Gasteiger partial charge in [0.1, 0.15) is 0 Å². The van der Waals surface area contributed by atoms with Gasteiger partial charge in [-0.3, -0.25) is 0 Å². The predicted molar refractivity (Wildman–Crippen MR) is 74.2 cm³/mol. The van der Waals surface area contributed by atoms with E-state index in [0.29, 0.717) is 5.56 Å². The van der Waals surface area contributed by atoms with E-state index >= 15 is 0 Å². The van der Waals surface area contributed by atoms with Crippen LogP contribution in [-0.2, 0) is 0 Å². The lowest BCUT2D eigenvalue weighted by Gasteiger charge is -1.95. The molecule has 1 nitrogen and oxygen atoms in total. The lowest BCUT2D eigenvalue weighted by Crippen LogP contribution is -1.76. The minimum absolute atomic E-state index is 0.683. The number of hydrogen-bond acceptors (Lipinski definition) is 1. The first kappa shape index (κ1) is 11.6. The second-order valence-corrected chi connectivity index (χ2v) is 4.54. The molecule has 0 fully saturated rings. The fourth-order valence-electron chi connectivity index (χ4n) is 1.48. The van der Waals surface area contributed by atoms with E-state index < -0.39 is 0 Å². The molecule has 0 atom stereocenters. The molecule has 0 aromatic heterocycles. The molecule has 17 heavy (non-hydrogen) atoms. The van der Waals surface area contributed by atoms with E-state index in [1.54, 1.807) is 6.07 Å². The Labute approximate surface area is 109 Å². The lowest BCUT2D eigenvalue weighted by molar-refractivity contribution is 1.48. The number of hydrogen-bond donors (Lipinski definition) is 0. The summed E-state index contributed by atoms with van der Waals surface area (Å²) in [6.45, 7) is 0. The normalized spacial score (nSPS) is 10.4. The molecule has 0 spiro atoms. The van der Waals surface area contributed by atoms with Gasteiger partial charge in [0.05, 0.1) is 11.6 Å². The third-order valence-electron chi connectivity index (χ3n) is 2.35. The molecule has 0 radical (unpaired) electrons. The van der Waals surface area contributed by atoms with Gasteiger partial charge in [-0.2, -0.15) is 5.26 Å². The molecule has 0 aliphatic heterocycles.